The predicted octanol–water partition coefficient (Wildman–Crippen LogP) is 2.66. The number of allylic oxidation sites excluding steroid dienone is 1. The van der Waals surface area contributed by atoms with Crippen LogP contribution < -0.4 is 5.56 Å². The van der Waals surface area contributed by atoms with Gasteiger partial charge in [0.2, 0.25) is 0 Å². The maximum Gasteiger partial charge on any atom is 0.431 e. The van der Waals surface area contributed by atoms with Crippen LogP contribution in [0, 0.1) is 0 Å². The zero-order chi connectivity index (χ0) is 12.3. The van der Waals surface area contributed by atoms with Gasteiger partial charge in [0.1, 0.15) is 5.69 Å². The van der Waals surface area contributed by atoms with E-state index in [4.69, 9.17) is 11.6 Å². The lowest BCUT2D eigenvalue weighted by Gasteiger charge is -2.15. The Hall–Kier alpha value is -1.23. The molecule has 0 saturated carbocycles. The number of hydrogen-bond donors (Lipinski definition) is 0. The Labute approximate surface area is 95.0 Å². The first-order chi connectivity index (χ1) is 7.36. The van der Waals surface area contributed by atoms with Crippen molar-refractivity contribution in [2.24, 2.45) is 0 Å². The van der Waals surface area contributed by atoms with Gasteiger partial charge in [-0.05, 0) is 11.6 Å². The molecule has 0 unspecified atom stereocenters. The fourth-order valence-corrected chi connectivity index (χ4v) is 1.28. The smallest absolute Gasteiger partial charge is 0.300 e. The zero-order valence-corrected chi connectivity index (χ0v) is 8.98. The molecular weight excluding hydrogens is 243 g/mol. The molecule has 0 aliphatic carbocycles. The second-order valence-corrected chi connectivity index (χ2v) is 3.48. The maximum atomic E-state index is 12.6. The summed E-state index contributed by atoms with van der Waals surface area (Å²) in [4.78, 5) is 11.3. The summed E-state index contributed by atoms with van der Waals surface area (Å²) in [7, 11) is 0. The van der Waals surface area contributed by atoms with Gasteiger partial charge in [-0.3, -0.25) is 4.79 Å². The van der Waals surface area contributed by atoms with E-state index in [1.807, 2.05) is 0 Å². The Kier molecular flexibility index (Phi) is 3.80. The highest BCUT2D eigenvalue weighted by atomic mass is 35.5. The molecule has 0 bridgehead atoms. The number of alkyl halides is 4. The van der Waals surface area contributed by atoms with E-state index < -0.39 is 17.4 Å². The molecule has 1 aromatic heterocycles. The van der Waals surface area contributed by atoms with Crippen molar-refractivity contribution in [1.29, 1.82) is 0 Å². The summed E-state index contributed by atoms with van der Waals surface area (Å²) in [6, 6.07) is 2.99. The molecule has 0 aliphatic rings. The van der Waals surface area contributed by atoms with E-state index in [9.17, 15) is 18.0 Å². The normalized spacial score (nSPS) is 11.5. The van der Waals surface area contributed by atoms with Gasteiger partial charge in [0, 0.05) is 18.5 Å². The predicted molar refractivity (Wildman–Crippen MR) is 55.6 cm³/mol. The lowest BCUT2D eigenvalue weighted by molar-refractivity contribution is -0.144. The monoisotopic (exact) mass is 251 g/mol. The van der Waals surface area contributed by atoms with E-state index in [-0.39, 0.29) is 12.4 Å². The van der Waals surface area contributed by atoms with Gasteiger partial charge in [0.05, 0.1) is 0 Å². The largest absolute Gasteiger partial charge is 0.431 e. The van der Waals surface area contributed by atoms with Crippen molar-refractivity contribution in [3.63, 3.8) is 0 Å². The number of hydrogen-bond acceptors (Lipinski definition) is 1. The van der Waals surface area contributed by atoms with E-state index >= 15 is 0 Å². The molecule has 0 fully saturated rings. The van der Waals surface area contributed by atoms with Crippen LogP contribution in [-0.4, -0.2) is 10.4 Å². The van der Waals surface area contributed by atoms with E-state index in [1.54, 1.807) is 0 Å². The fourth-order valence-electron chi connectivity index (χ4n) is 1.20. The van der Waals surface area contributed by atoms with Crippen LogP contribution in [0.5, 0.6) is 0 Å². The van der Waals surface area contributed by atoms with Crippen LogP contribution in [0.25, 0.3) is 0 Å². The summed E-state index contributed by atoms with van der Waals surface area (Å²) in [5.41, 5.74) is -1.37. The van der Waals surface area contributed by atoms with Crippen molar-refractivity contribution in [1.82, 2.24) is 4.57 Å². The van der Waals surface area contributed by atoms with E-state index in [0.29, 0.717) is 10.1 Å². The van der Waals surface area contributed by atoms with Crippen LogP contribution in [0.4, 0.5) is 13.2 Å². The third kappa shape index (κ3) is 2.88. The van der Waals surface area contributed by atoms with Gasteiger partial charge in [-0.2, -0.15) is 13.2 Å². The molecule has 2 nitrogen and oxygen atoms in total. The minimum absolute atomic E-state index is 0.0125. The molecule has 0 spiro atoms. The Bertz CT molecular complexity index is 450. The first-order valence-electron chi connectivity index (χ1n) is 4.36. The summed E-state index contributed by atoms with van der Waals surface area (Å²) < 4.78 is 38.3. The van der Waals surface area contributed by atoms with Crippen molar-refractivity contribution in [2.75, 3.05) is 5.88 Å². The molecule has 1 heterocycles. The molecule has 0 aromatic carbocycles. The van der Waals surface area contributed by atoms with Crippen LogP contribution in [0.1, 0.15) is 5.69 Å². The molecule has 0 saturated heterocycles. The number of rotatable bonds is 3. The SMILES string of the molecule is C=C(CCl)Cn1c(C(F)(F)F)cccc1=O. The van der Waals surface area contributed by atoms with E-state index in [1.165, 1.54) is 0 Å². The highest BCUT2D eigenvalue weighted by Gasteiger charge is 2.34. The number of nitrogens with zero attached hydrogens (tertiary/aromatic N) is 1. The zero-order valence-electron chi connectivity index (χ0n) is 8.22. The first-order valence-corrected chi connectivity index (χ1v) is 4.89. The highest BCUT2D eigenvalue weighted by Crippen LogP contribution is 2.28. The topological polar surface area (TPSA) is 22.0 Å². The van der Waals surface area contributed by atoms with Gasteiger partial charge in [0.25, 0.3) is 5.56 Å². The minimum atomic E-state index is -4.56. The van der Waals surface area contributed by atoms with Crippen molar-refractivity contribution >= 4 is 11.6 Å². The average molecular weight is 252 g/mol. The molecule has 16 heavy (non-hydrogen) atoms. The van der Waals surface area contributed by atoms with Crippen molar-refractivity contribution in [3.8, 4) is 0 Å². The van der Waals surface area contributed by atoms with Crippen LogP contribution in [0.3, 0.4) is 0 Å². The van der Waals surface area contributed by atoms with Gasteiger partial charge < -0.3 is 4.57 Å². The number of pyridine rings is 1. The first kappa shape index (κ1) is 12.8. The fraction of sp³-hybridized carbons (Fsp3) is 0.300. The highest BCUT2D eigenvalue weighted by molar-refractivity contribution is 6.19. The van der Waals surface area contributed by atoms with Crippen molar-refractivity contribution in [3.05, 3.63) is 46.4 Å². The van der Waals surface area contributed by atoms with Gasteiger partial charge in [0.15, 0.2) is 0 Å². The quantitative estimate of drug-likeness (QED) is 0.598. The van der Waals surface area contributed by atoms with Crippen LogP contribution in [0.2, 0.25) is 0 Å². The molecule has 1 rings (SSSR count). The Morgan fingerprint density at radius 1 is 1.44 bits per heavy atom. The van der Waals surface area contributed by atoms with Crippen LogP contribution in [-0.2, 0) is 12.7 Å². The Balaban J connectivity index is 3.25. The van der Waals surface area contributed by atoms with Gasteiger partial charge in [-0.15, -0.1) is 11.6 Å². The molecule has 0 atom stereocenters. The number of halogens is 4. The lowest BCUT2D eigenvalue weighted by Crippen LogP contribution is -2.27. The van der Waals surface area contributed by atoms with E-state index in [2.05, 4.69) is 6.58 Å². The average Bonchev–Trinajstić information content (AvgIpc) is 2.19. The molecule has 0 radical (unpaired) electrons. The van der Waals surface area contributed by atoms with Gasteiger partial charge in [-0.25, -0.2) is 0 Å². The lowest BCUT2D eigenvalue weighted by atomic mass is 10.3. The molecule has 1 aromatic rings. The molecular formula is C10H9ClF3NO. The molecule has 0 aliphatic heterocycles. The number of aromatic nitrogens is 1. The third-order valence-corrected chi connectivity index (χ3v) is 2.29. The standard InChI is InChI=1S/C10H9ClF3NO/c1-7(5-11)6-15-8(10(12,13)14)3-2-4-9(15)16/h2-4H,1,5-6H2. The minimum Gasteiger partial charge on any atom is -0.300 e. The molecule has 88 valence electrons. The van der Waals surface area contributed by atoms with Gasteiger partial charge in [-0.1, -0.05) is 12.6 Å². The van der Waals surface area contributed by atoms with Crippen molar-refractivity contribution < 1.29 is 13.2 Å². The second-order valence-electron chi connectivity index (χ2n) is 3.22. The molecule has 0 amide bonds. The molecule has 6 heteroatoms. The van der Waals surface area contributed by atoms with Crippen LogP contribution >= 0.6 is 11.6 Å². The Morgan fingerprint density at radius 2 is 2.06 bits per heavy atom. The summed E-state index contributed by atoms with van der Waals surface area (Å²) >= 11 is 5.42. The maximum absolute atomic E-state index is 12.6. The summed E-state index contributed by atoms with van der Waals surface area (Å²) in [6.07, 6.45) is -4.56. The van der Waals surface area contributed by atoms with Crippen LogP contribution in [0.15, 0.2) is 35.1 Å². The van der Waals surface area contributed by atoms with Gasteiger partial charge >= 0.3 is 6.18 Å². The summed E-state index contributed by atoms with van der Waals surface area (Å²) in [5, 5.41) is 0. The summed E-state index contributed by atoms with van der Waals surface area (Å²) in [6.45, 7) is 3.25. The Morgan fingerprint density at radius 3 is 2.56 bits per heavy atom. The molecule has 0 N–H and O–H groups in total. The second kappa shape index (κ2) is 4.74. The summed E-state index contributed by atoms with van der Waals surface area (Å²) in [5.74, 6) is 0.0125. The van der Waals surface area contributed by atoms with E-state index in [0.717, 1.165) is 18.2 Å². The third-order valence-electron chi connectivity index (χ3n) is 1.91. The van der Waals surface area contributed by atoms with Crippen molar-refractivity contribution in [2.45, 2.75) is 12.7 Å².